The molecule has 1 aromatic carbocycles. The van der Waals surface area contributed by atoms with E-state index in [9.17, 15) is 4.79 Å². The summed E-state index contributed by atoms with van der Waals surface area (Å²) in [6, 6.07) is 9.09. The van der Waals surface area contributed by atoms with Gasteiger partial charge in [-0.15, -0.1) is 0 Å². The molecule has 0 aliphatic heterocycles. The van der Waals surface area contributed by atoms with Gasteiger partial charge in [-0.1, -0.05) is 51.1 Å². The summed E-state index contributed by atoms with van der Waals surface area (Å²) in [5, 5.41) is 2.75. The Morgan fingerprint density at radius 2 is 1.77 bits per heavy atom. The molecule has 2 rings (SSSR count). The van der Waals surface area contributed by atoms with Crippen LogP contribution in [0.25, 0.3) is 0 Å². The molecule has 1 aromatic heterocycles. The van der Waals surface area contributed by atoms with Gasteiger partial charge in [0.1, 0.15) is 5.82 Å². The van der Waals surface area contributed by atoms with Crippen LogP contribution in [0.15, 0.2) is 42.7 Å². The zero-order chi connectivity index (χ0) is 16.2. The van der Waals surface area contributed by atoms with Crippen molar-refractivity contribution in [1.82, 2.24) is 9.97 Å². The largest absolute Gasteiger partial charge is 0.322 e. The van der Waals surface area contributed by atoms with Crippen molar-refractivity contribution in [3.8, 4) is 0 Å². The van der Waals surface area contributed by atoms with E-state index >= 15 is 0 Å². The van der Waals surface area contributed by atoms with E-state index in [4.69, 9.17) is 5.73 Å². The highest BCUT2D eigenvalue weighted by molar-refractivity contribution is 5.94. The van der Waals surface area contributed by atoms with E-state index in [0.29, 0.717) is 12.1 Å². The highest BCUT2D eigenvalue weighted by Gasteiger charge is 2.18. The van der Waals surface area contributed by atoms with Gasteiger partial charge in [0.25, 0.3) is 0 Å². The number of nitrogens with one attached hydrogen (secondary N) is 1. The van der Waals surface area contributed by atoms with Gasteiger partial charge < -0.3 is 11.1 Å². The molecule has 0 aliphatic rings. The van der Waals surface area contributed by atoms with Gasteiger partial charge in [0.15, 0.2) is 0 Å². The Balaban J connectivity index is 1.96. The summed E-state index contributed by atoms with van der Waals surface area (Å²) in [5.41, 5.74) is 7.41. The smallest absolute Gasteiger partial charge is 0.241 e. The lowest BCUT2D eigenvalue weighted by molar-refractivity contribution is -0.117. The molecule has 1 unspecified atom stereocenters. The number of rotatable bonds is 4. The molecule has 1 heterocycles. The Kier molecular flexibility index (Phi) is 4.88. The molecular formula is C17H22N4O. The molecule has 1 amide bonds. The summed E-state index contributed by atoms with van der Waals surface area (Å²) in [5.74, 6) is 0.495. The van der Waals surface area contributed by atoms with Crippen molar-refractivity contribution < 1.29 is 4.79 Å². The highest BCUT2D eigenvalue weighted by Crippen LogP contribution is 2.18. The fourth-order valence-electron chi connectivity index (χ4n) is 1.98. The number of anilines is 1. The number of nitrogens with zero attached hydrogens (tertiary/aromatic N) is 2. The van der Waals surface area contributed by atoms with Gasteiger partial charge in [0, 0.05) is 5.41 Å². The van der Waals surface area contributed by atoms with Gasteiger partial charge in [-0.2, -0.15) is 0 Å². The second-order valence-corrected chi connectivity index (χ2v) is 6.33. The van der Waals surface area contributed by atoms with Crippen LogP contribution in [0, 0.1) is 0 Å². The number of benzene rings is 1. The Bertz CT molecular complexity index is 617. The second kappa shape index (κ2) is 6.66. The molecule has 0 radical (unpaired) electrons. The molecule has 0 spiro atoms. The van der Waals surface area contributed by atoms with Gasteiger partial charge in [-0.05, 0) is 12.0 Å². The number of amides is 1. The maximum Gasteiger partial charge on any atom is 0.241 e. The standard InChI is InChI=1S/C17H22N4O/c1-17(2,3)16-19-10-13(11-20-16)21-15(22)14(18)9-12-7-5-4-6-8-12/h4-8,10-11,14H,9,18H2,1-3H3,(H,21,22). The molecule has 0 saturated heterocycles. The second-order valence-electron chi connectivity index (χ2n) is 6.33. The Morgan fingerprint density at radius 3 is 2.32 bits per heavy atom. The fraction of sp³-hybridized carbons (Fsp3) is 0.353. The zero-order valence-corrected chi connectivity index (χ0v) is 13.2. The van der Waals surface area contributed by atoms with Crippen molar-refractivity contribution in [3.63, 3.8) is 0 Å². The zero-order valence-electron chi connectivity index (χ0n) is 13.2. The normalized spacial score (nSPS) is 12.7. The molecule has 116 valence electrons. The topological polar surface area (TPSA) is 80.9 Å². The van der Waals surface area contributed by atoms with Gasteiger partial charge >= 0.3 is 0 Å². The summed E-state index contributed by atoms with van der Waals surface area (Å²) in [6.07, 6.45) is 3.72. The third-order valence-electron chi connectivity index (χ3n) is 3.23. The quantitative estimate of drug-likeness (QED) is 0.907. The van der Waals surface area contributed by atoms with Crippen LogP contribution < -0.4 is 11.1 Å². The lowest BCUT2D eigenvalue weighted by Crippen LogP contribution is -2.37. The lowest BCUT2D eigenvalue weighted by atomic mass is 9.96. The van der Waals surface area contributed by atoms with Crippen molar-refractivity contribution in [1.29, 1.82) is 0 Å². The minimum absolute atomic E-state index is 0.119. The van der Waals surface area contributed by atoms with E-state index in [1.54, 1.807) is 12.4 Å². The molecule has 0 bridgehead atoms. The Hall–Kier alpha value is -2.27. The first-order chi connectivity index (χ1) is 10.4. The van der Waals surface area contributed by atoms with Crippen molar-refractivity contribution in [3.05, 3.63) is 54.1 Å². The van der Waals surface area contributed by atoms with Crippen molar-refractivity contribution in [2.45, 2.75) is 38.6 Å². The molecule has 2 aromatic rings. The molecular weight excluding hydrogens is 276 g/mol. The number of nitrogens with two attached hydrogens (primary N) is 1. The van der Waals surface area contributed by atoms with Crippen molar-refractivity contribution in [2.24, 2.45) is 5.73 Å². The van der Waals surface area contributed by atoms with E-state index in [0.717, 1.165) is 11.4 Å². The van der Waals surface area contributed by atoms with E-state index in [1.807, 2.05) is 51.1 Å². The lowest BCUT2D eigenvalue weighted by Gasteiger charge is -2.17. The van der Waals surface area contributed by atoms with Crippen LogP contribution in [0.3, 0.4) is 0 Å². The van der Waals surface area contributed by atoms with Crippen LogP contribution in [0.1, 0.15) is 32.2 Å². The third kappa shape index (κ3) is 4.36. The highest BCUT2D eigenvalue weighted by atomic mass is 16.2. The summed E-state index contributed by atoms with van der Waals surface area (Å²) in [7, 11) is 0. The Labute approximate surface area is 131 Å². The minimum atomic E-state index is -0.607. The summed E-state index contributed by atoms with van der Waals surface area (Å²) in [6.45, 7) is 6.11. The molecule has 22 heavy (non-hydrogen) atoms. The number of carbonyl (C=O) groups excluding carboxylic acids is 1. The molecule has 5 heteroatoms. The predicted octanol–water partition coefficient (Wildman–Crippen LogP) is 2.28. The summed E-state index contributed by atoms with van der Waals surface area (Å²) >= 11 is 0. The molecule has 5 nitrogen and oxygen atoms in total. The first-order valence-corrected chi connectivity index (χ1v) is 7.29. The SMILES string of the molecule is CC(C)(C)c1ncc(NC(=O)C(N)Cc2ccccc2)cn1. The van der Waals surface area contributed by atoms with Crippen LogP contribution in [0.4, 0.5) is 5.69 Å². The number of hydrogen-bond donors (Lipinski definition) is 2. The maximum atomic E-state index is 12.1. The Morgan fingerprint density at radius 1 is 1.18 bits per heavy atom. The number of carbonyl (C=O) groups is 1. The first-order valence-electron chi connectivity index (χ1n) is 7.29. The predicted molar refractivity (Wildman–Crippen MR) is 87.5 cm³/mol. The van der Waals surface area contributed by atoms with Crippen LogP contribution in [0.2, 0.25) is 0 Å². The number of aromatic nitrogens is 2. The average molecular weight is 298 g/mol. The van der Waals surface area contributed by atoms with Crippen molar-refractivity contribution in [2.75, 3.05) is 5.32 Å². The van der Waals surface area contributed by atoms with Gasteiger partial charge in [0.05, 0.1) is 24.1 Å². The van der Waals surface area contributed by atoms with E-state index in [-0.39, 0.29) is 11.3 Å². The van der Waals surface area contributed by atoms with Gasteiger partial charge in [-0.25, -0.2) is 9.97 Å². The maximum absolute atomic E-state index is 12.1. The average Bonchev–Trinajstić information content (AvgIpc) is 2.48. The fourth-order valence-corrected chi connectivity index (χ4v) is 1.98. The summed E-state index contributed by atoms with van der Waals surface area (Å²) < 4.78 is 0. The van der Waals surface area contributed by atoms with Gasteiger partial charge in [-0.3, -0.25) is 4.79 Å². The molecule has 0 aliphatic carbocycles. The van der Waals surface area contributed by atoms with Crippen molar-refractivity contribution >= 4 is 11.6 Å². The first kappa shape index (κ1) is 16.1. The van der Waals surface area contributed by atoms with Crippen LogP contribution in [0.5, 0.6) is 0 Å². The summed E-state index contributed by atoms with van der Waals surface area (Å²) in [4.78, 5) is 20.7. The van der Waals surface area contributed by atoms with Crippen LogP contribution >= 0.6 is 0 Å². The molecule has 0 fully saturated rings. The van der Waals surface area contributed by atoms with E-state index in [1.165, 1.54) is 0 Å². The monoisotopic (exact) mass is 298 g/mol. The van der Waals surface area contributed by atoms with E-state index in [2.05, 4.69) is 15.3 Å². The van der Waals surface area contributed by atoms with Crippen LogP contribution in [-0.2, 0) is 16.6 Å². The minimum Gasteiger partial charge on any atom is -0.322 e. The molecule has 3 N–H and O–H groups in total. The molecule has 0 saturated carbocycles. The number of hydrogen-bond acceptors (Lipinski definition) is 4. The van der Waals surface area contributed by atoms with E-state index < -0.39 is 6.04 Å². The third-order valence-corrected chi connectivity index (χ3v) is 3.23. The van der Waals surface area contributed by atoms with Crippen LogP contribution in [-0.4, -0.2) is 21.9 Å². The van der Waals surface area contributed by atoms with Gasteiger partial charge in [0.2, 0.25) is 5.91 Å². The molecule has 1 atom stereocenters.